The zero-order valence-corrected chi connectivity index (χ0v) is 17.5. The third kappa shape index (κ3) is 6.18. The van der Waals surface area contributed by atoms with Gasteiger partial charge in [-0.1, -0.05) is 0 Å². The number of benzene rings is 1. The fraction of sp³-hybridized carbons (Fsp3) is 0.588. The van der Waals surface area contributed by atoms with Crippen LogP contribution < -0.4 is 4.74 Å². The first kappa shape index (κ1) is 21.6. The molecule has 1 saturated heterocycles. The molecule has 0 aliphatic carbocycles. The van der Waals surface area contributed by atoms with E-state index in [1.807, 2.05) is 13.8 Å². The largest absolute Gasteiger partial charge is 0.490 e. The molecule has 2 rings (SSSR count). The monoisotopic (exact) mass is 419 g/mol. The van der Waals surface area contributed by atoms with Gasteiger partial charge in [-0.25, -0.2) is 8.42 Å². The molecule has 0 N–H and O–H groups in total. The van der Waals surface area contributed by atoms with Gasteiger partial charge < -0.3 is 9.64 Å². The first-order chi connectivity index (χ1) is 12.4. The van der Waals surface area contributed by atoms with E-state index in [1.54, 1.807) is 4.90 Å². The highest BCUT2D eigenvalue weighted by molar-refractivity contribution is 7.90. The number of amides is 1. The second kappa shape index (κ2) is 8.15. The molecule has 10 heteroatoms. The van der Waals surface area contributed by atoms with Crippen molar-refractivity contribution in [3.8, 4) is 5.75 Å². The summed E-state index contributed by atoms with van der Waals surface area (Å²) in [7, 11) is -7.02. The molecule has 0 bridgehead atoms. The van der Waals surface area contributed by atoms with E-state index in [0.717, 1.165) is 12.5 Å². The maximum absolute atomic E-state index is 13.0. The van der Waals surface area contributed by atoms with Crippen LogP contribution in [0.25, 0.3) is 0 Å². The molecule has 8 nitrogen and oxygen atoms in total. The topological polar surface area (TPSA) is 107 Å². The van der Waals surface area contributed by atoms with Crippen molar-refractivity contribution in [1.29, 1.82) is 0 Å². The van der Waals surface area contributed by atoms with E-state index in [-0.39, 0.29) is 22.5 Å². The van der Waals surface area contributed by atoms with Gasteiger partial charge in [0.1, 0.15) is 5.75 Å². The van der Waals surface area contributed by atoms with Crippen LogP contribution in [0.3, 0.4) is 0 Å². The van der Waals surface area contributed by atoms with Crippen molar-refractivity contribution >= 4 is 25.9 Å². The number of carbonyl (C=O) groups is 1. The lowest BCUT2D eigenvalue weighted by Crippen LogP contribution is -2.41. The van der Waals surface area contributed by atoms with Gasteiger partial charge in [0.15, 0.2) is 9.84 Å². The summed E-state index contributed by atoms with van der Waals surface area (Å²) in [6.07, 6.45) is 2.19. The number of piperidine rings is 1. The van der Waals surface area contributed by atoms with E-state index in [9.17, 15) is 21.6 Å². The van der Waals surface area contributed by atoms with Crippen LogP contribution in [0, 0.1) is 0 Å². The second-order valence-corrected chi connectivity index (χ2v) is 10.5. The lowest BCUT2D eigenvalue weighted by atomic mass is 10.1. The minimum atomic E-state index is -3.55. The molecule has 1 aromatic carbocycles. The first-order valence-corrected chi connectivity index (χ1v) is 12.3. The Bertz CT molecular complexity index is 899. The number of rotatable bonds is 6. The zero-order chi connectivity index (χ0) is 20.4. The lowest BCUT2D eigenvalue weighted by molar-refractivity contribution is 0.0603. The highest BCUT2D eigenvalue weighted by atomic mass is 32.2. The lowest BCUT2D eigenvalue weighted by Gasteiger charge is -2.31. The summed E-state index contributed by atoms with van der Waals surface area (Å²) in [5.41, 5.74) is 0.175. The Morgan fingerprint density at radius 2 is 1.70 bits per heavy atom. The SMILES string of the molecule is CC(C)Oc1ccc(S(C)(=O)=O)cc1C(=O)N1CCC(OS(C)(=O)=O)CC1. The van der Waals surface area contributed by atoms with Crippen LogP contribution in [0.15, 0.2) is 23.1 Å². The van der Waals surface area contributed by atoms with E-state index in [1.165, 1.54) is 18.2 Å². The summed E-state index contributed by atoms with van der Waals surface area (Å²) in [5.74, 6) is -0.0362. The third-order valence-electron chi connectivity index (χ3n) is 4.01. The van der Waals surface area contributed by atoms with Crippen LogP contribution in [0.1, 0.15) is 37.0 Å². The van der Waals surface area contributed by atoms with Crippen LogP contribution in [-0.2, 0) is 24.1 Å². The van der Waals surface area contributed by atoms with E-state index < -0.39 is 26.1 Å². The summed E-state index contributed by atoms with van der Waals surface area (Å²) in [6.45, 7) is 4.24. The number of hydrogen-bond donors (Lipinski definition) is 0. The Kier molecular flexibility index (Phi) is 6.54. The van der Waals surface area contributed by atoms with Crippen molar-refractivity contribution in [2.45, 2.75) is 43.8 Å². The zero-order valence-electron chi connectivity index (χ0n) is 15.8. The standard InChI is InChI=1S/C17H25NO7S2/c1-12(2)24-16-6-5-14(26(3,20)21)11-15(16)17(19)18-9-7-13(8-10-18)25-27(4,22)23/h5-6,11-13H,7-10H2,1-4H3. The number of sulfone groups is 1. The predicted molar refractivity (Wildman–Crippen MR) is 100 cm³/mol. The minimum absolute atomic E-state index is 0.0391. The molecule has 0 unspecified atom stereocenters. The molecule has 0 saturated carbocycles. The number of ether oxygens (including phenoxy) is 1. The van der Waals surface area contributed by atoms with Gasteiger partial charge in [-0.2, -0.15) is 8.42 Å². The molecule has 0 atom stereocenters. The second-order valence-electron chi connectivity index (χ2n) is 6.89. The molecular formula is C17H25NO7S2. The first-order valence-electron chi connectivity index (χ1n) is 8.55. The molecule has 0 radical (unpaired) electrons. The molecule has 152 valence electrons. The molecule has 0 aromatic heterocycles. The van der Waals surface area contributed by atoms with Crippen LogP contribution in [0.5, 0.6) is 5.75 Å². The van der Waals surface area contributed by atoms with Crippen LogP contribution in [0.2, 0.25) is 0 Å². The van der Waals surface area contributed by atoms with Gasteiger partial charge in [0.2, 0.25) is 0 Å². The Labute approximate surface area is 160 Å². The molecular weight excluding hydrogens is 394 g/mol. The Morgan fingerprint density at radius 3 is 2.19 bits per heavy atom. The fourth-order valence-corrected chi connectivity index (χ4v) is 4.17. The van der Waals surface area contributed by atoms with E-state index >= 15 is 0 Å². The van der Waals surface area contributed by atoms with Crippen molar-refractivity contribution in [3.05, 3.63) is 23.8 Å². The molecule has 1 aromatic rings. The average molecular weight is 420 g/mol. The summed E-state index contributed by atoms with van der Waals surface area (Å²) < 4.78 is 56.8. The Hall–Kier alpha value is -1.65. The fourth-order valence-electron chi connectivity index (χ4n) is 2.84. The van der Waals surface area contributed by atoms with E-state index in [0.29, 0.717) is 31.7 Å². The number of nitrogens with zero attached hydrogens (tertiary/aromatic N) is 1. The summed E-state index contributed by atoms with van der Waals surface area (Å²) in [4.78, 5) is 14.6. The number of carbonyl (C=O) groups excluding carboxylic acids is 1. The van der Waals surface area contributed by atoms with E-state index in [2.05, 4.69) is 0 Å². The Morgan fingerprint density at radius 1 is 1.11 bits per heavy atom. The molecule has 1 aliphatic heterocycles. The van der Waals surface area contributed by atoms with Gasteiger partial charge in [0.05, 0.1) is 28.9 Å². The maximum atomic E-state index is 13.0. The number of likely N-dealkylation sites (tertiary alicyclic amines) is 1. The summed E-state index contributed by atoms with van der Waals surface area (Å²) >= 11 is 0. The van der Waals surface area contributed by atoms with E-state index in [4.69, 9.17) is 8.92 Å². The van der Waals surface area contributed by atoms with Crippen LogP contribution >= 0.6 is 0 Å². The third-order valence-corrected chi connectivity index (χ3v) is 5.74. The van der Waals surface area contributed by atoms with Gasteiger partial charge in [-0.3, -0.25) is 8.98 Å². The molecule has 0 spiro atoms. The summed E-state index contributed by atoms with van der Waals surface area (Å²) in [5, 5.41) is 0. The molecule has 1 amide bonds. The van der Waals surface area contributed by atoms with Crippen molar-refractivity contribution in [2.75, 3.05) is 25.6 Å². The van der Waals surface area contributed by atoms with Crippen LogP contribution in [-0.4, -0.2) is 65.5 Å². The van der Waals surface area contributed by atoms with Gasteiger partial charge in [0.25, 0.3) is 16.0 Å². The highest BCUT2D eigenvalue weighted by Crippen LogP contribution is 2.27. The minimum Gasteiger partial charge on any atom is -0.490 e. The quantitative estimate of drug-likeness (QED) is 0.643. The number of hydrogen-bond acceptors (Lipinski definition) is 7. The average Bonchev–Trinajstić information content (AvgIpc) is 2.52. The van der Waals surface area contributed by atoms with Gasteiger partial charge in [-0.15, -0.1) is 0 Å². The van der Waals surface area contributed by atoms with Crippen molar-refractivity contribution in [3.63, 3.8) is 0 Å². The predicted octanol–water partition coefficient (Wildman–Crippen LogP) is 1.46. The highest BCUT2D eigenvalue weighted by Gasteiger charge is 2.28. The van der Waals surface area contributed by atoms with Crippen LogP contribution in [0.4, 0.5) is 0 Å². The van der Waals surface area contributed by atoms with Gasteiger partial charge in [-0.05, 0) is 44.9 Å². The Balaban J connectivity index is 2.24. The van der Waals surface area contributed by atoms with Crippen molar-refractivity contribution in [1.82, 2.24) is 4.90 Å². The molecule has 1 aliphatic rings. The van der Waals surface area contributed by atoms with Crippen molar-refractivity contribution in [2.24, 2.45) is 0 Å². The normalized spacial score (nSPS) is 16.6. The smallest absolute Gasteiger partial charge is 0.264 e. The molecule has 27 heavy (non-hydrogen) atoms. The summed E-state index contributed by atoms with van der Waals surface area (Å²) in [6, 6.07) is 4.23. The van der Waals surface area contributed by atoms with Gasteiger partial charge in [0, 0.05) is 19.3 Å². The van der Waals surface area contributed by atoms with Crippen molar-refractivity contribution < 1.29 is 30.6 Å². The molecule has 1 fully saturated rings. The maximum Gasteiger partial charge on any atom is 0.264 e. The van der Waals surface area contributed by atoms with Gasteiger partial charge >= 0.3 is 0 Å². The molecule has 1 heterocycles.